The molecule has 1 atom stereocenters. The number of urea groups is 1. The number of nitrogens with zero attached hydrogens (tertiary/aromatic N) is 2. The third-order valence-corrected chi connectivity index (χ3v) is 5.23. The number of halogens is 1. The van der Waals surface area contributed by atoms with Gasteiger partial charge in [-0.1, -0.05) is 6.92 Å². The average molecular weight is 363 g/mol. The van der Waals surface area contributed by atoms with E-state index in [2.05, 4.69) is 17.2 Å². The number of aryl methyl sites for hydroxylation is 1. The van der Waals surface area contributed by atoms with Gasteiger partial charge in [-0.3, -0.25) is 0 Å². The number of hydrogen-bond donors (Lipinski definition) is 1. The van der Waals surface area contributed by atoms with Crippen LogP contribution in [-0.2, 0) is 13.0 Å². The van der Waals surface area contributed by atoms with E-state index in [1.807, 2.05) is 5.38 Å². The summed E-state index contributed by atoms with van der Waals surface area (Å²) in [4.78, 5) is 18.6. The van der Waals surface area contributed by atoms with Gasteiger partial charge in [-0.25, -0.2) is 14.2 Å². The number of aromatic nitrogens is 1. The number of amides is 2. The van der Waals surface area contributed by atoms with E-state index in [0.29, 0.717) is 30.9 Å². The number of carbonyl (C=O) groups is 1. The molecule has 134 valence electrons. The third-order valence-electron chi connectivity index (χ3n) is 4.19. The Kier molecular flexibility index (Phi) is 5.53. The van der Waals surface area contributed by atoms with Gasteiger partial charge in [-0.15, -0.1) is 11.3 Å². The van der Waals surface area contributed by atoms with Gasteiger partial charge in [0.15, 0.2) is 0 Å². The Labute approximate surface area is 150 Å². The molecule has 0 radical (unpaired) electrons. The lowest BCUT2D eigenvalue weighted by Gasteiger charge is -2.23. The standard InChI is InChI=1S/C18H22FN3O2S/c1-3-17-20-13(11-25-17)10-22(2)18(23)21-15-5-4-8-24-16-7-6-12(19)9-14(15)16/h6-7,9,11,15H,3-5,8,10H2,1-2H3,(H,21,23). The van der Waals surface area contributed by atoms with Gasteiger partial charge in [-0.2, -0.15) is 0 Å². The summed E-state index contributed by atoms with van der Waals surface area (Å²) in [5.41, 5.74) is 1.58. The van der Waals surface area contributed by atoms with Crippen LogP contribution in [0.4, 0.5) is 9.18 Å². The summed E-state index contributed by atoms with van der Waals surface area (Å²) in [5.74, 6) is 0.311. The molecule has 25 heavy (non-hydrogen) atoms. The molecule has 1 N–H and O–H groups in total. The van der Waals surface area contributed by atoms with Crippen LogP contribution in [0.15, 0.2) is 23.6 Å². The Morgan fingerprint density at radius 1 is 1.52 bits per heavy atom. The summed E-state index contributed by atoms with van der Waals surface area (Å²) in [5, 5.41) is 6.04. The molecule has 7 heteroatoms. The van der Waals surface area contributed by atoms with Crippen LogP contribution in [0.3, 0.4) is 0 Å². The highest BCUT2D eigenvalue weighted by Crippen LogP contribution is 2.32. The highest BCUT2D eigenvalue weighted by atomic mass is 32.1. The average Bonchev–Trinajstić information content (AvgIpc) is 2.96. The number of hydrogen-bond acceptors (Lipinski definition) is 4. The topological polar surface area (TPSA) is 54.5 Å². The SMILES string of the molecule is CCc1nc(CN(C)C(=O)NC2CCCOc3ccc(F)cc32)cs1. The Hall–Kier alpha value is -2.15. The van der Waals surface area contributed by atoms with E-state index >= 15 is 0 Å². The smallest absolute Gasteiger partial charge is 0.317 e. The molecular weight excluding hydrogens is 341 g/mol. The van der Waals surface area contributed by atoms with Crippen LogP contribution in [0.5, 0.6) is 5.75 Å². The van der Waals surface area contributed by atoms with Crippen LogP contribution >= 0.6 is 11.3 Å². The normalized spacial score (nSPS) is 16.5. The van der Waals surface area contributed by atoms with Crippen molar-refractivity contribution in [2.75, 3.05) is 13.7 Å². The van der Waals surface area contributed by atoms with Gasteiger partial charge in [0.25, 0.3) is 0 Å². The van der Waals surface area contributed by atoms with E-state index < -0.39 is 0 Å². The Morgan fingerprint density at radius 2 is 2.36 bits per heavy atom. The second kappa shape index (κ2) is 7.82. The predicted molar refractivity (Wildman–Crippen MR) is 95.4 cm³/mol. The van der Waals surface area contributed by atoms with Gasteiger partial charge in [-0.05, 0) is 37.5 Å². The molecule has 1 aromatic carbocycles. The zero-order chi connectivity index (χ0) is 17.8. The number of ether oxygens (including phenoxy) is 1. The summed E-state index contributed by atoms with van der Waals surface area (Å²) in [6, 6.07) is 3.99. The van der Waals surface area contributed by atoms with Crippen LogP contribution in [0, 0.1) is 5.82 Å². The van der Waals surface area contributed by atoms with Gasteiger partial charge >= 0.3 is 6.03 Å². The molecular formula is C18H22FN3O2S. The first-order chi connectivity index (χ1) is 12.1. The molecule has 1 aliphatic heterocycles. The van der Waals surface area contributed by atoms with Crippen molar-refractivity contribution in [2.24, 2.45) is 0 Å². The fourth-order valence-corrected chi connectivity index (χ4v) is 3.59. The minimum absolute atomic E-state index is 0.201. The number of carbonyl (C=O) groups excluding carboxylic acids is 1. The van der Waals surface area contributed by atoms with E-state index in [9.17, 15) is 9.18 Å². The van der Waals surface area contributed by atoms with Gasteiger partial charge in [0.05, 0.1) is 29.9 Å². The summed E-state index contributed by atoms with van der Waals surface area (Å²) < 4.78 is 19.3. The summed E-state index contributed by atoms with van der Waals surface area (Å²) >= 11 is 1.61. The van der Waals surface area contributed by atoms with E-state index in [-0.39, 0.29) is 17.9 Å². The highest BCUT2D eigenvalue weighted by molar-refractivity contribution is 7.09. The van der Waals surface area contributed by atoms with Crippen LogP contribution in [0.2, 0.25) is 0 Å². The second-order valence-corrected chi connectivity index (χ2v) is 7.06. The zero-order valence-corrected chi connectivity index (χ0v) is 15.2. The number of fused-ring (bicyclic) bond motifs is 1. The monoisotopic (exact) mass is 363 g/mol. The fraction of sp³-hybridized carbons (Fsp3) is 0.444. The van der Waals surface area contributed by atoms with Crippen LogP contribution in [0.1, 0.15) is 42.1 Å². The molecule has 2 aromatic rings. The fourth-order valence-electron chi connectivity index (χ4n) is 2.86. The summed E-state index contributed by atoms with van der Waals surface area (Å²) in [6.45, 7) is 3.07. The molecule has 1 unspecified atom stereocenters. The van der Waals surface area contributed by atoms with Crippen molar-refractivity contribution in [1.82, 2.24) is 15.2 Å². The zero-order valence-electron chi connectivity index (χ0n) is 14.4. The maximum Gasteiger partial charge on any atom is 0.317 e. The summed E-state index contributed by atoms with van der Waals surface area (Å²) in [6.07, 6.45) is 2.41. The van der Waals surface area contributed by atoms with Crippen molar-refractivity contribution in [1.29, 1.82) is 0 Å². The van der Waals surface area contributed by atoms with Crippen molar-refractivity contribution in [3.63, 3.8) is 0 Å². The van der Waals surface area contributed by atoms with E-state index in [4.69, 9.17) is 4.74 Å². The van der Waals surface area contributed by atoms with Gasteiger partial charge < -0.3 is 15.0 Å². The molecule has 5 nitrogen and oxygen atoms in total. The maximum atomic E-state index is 13.6. The van der Waals surface area contributed by atoms with Crippen LogP contribution < -0.4 is 10.1 Å². The quantitative estimate of drug-likeness (QED) is 0.896. The number of rotatable bonds is 4. The van der Waals surface area contributed by atoms with Gasteiger partial charge in [0.2, 0.25) is 0 Å². The minimum Gasteiger partial charge on any atom is -0.493 e. The first-order valence-electron chi connectivity index (χ1n) is 8.44. The number of nitrogens with one attached hydrogen (secondary N) is 1. The van der Waals surface area contributed by atoms with Gasteiger partial charge in [0.1, 0.15) is 11.6 Å². The highest BCUT2D eigenvalue weighted by Gasteiger charge is 2.23. The molecule has 1 aliphatic rings. The van der Waals surface area contributed by atoms with Crippen molar-refractivity contribution < 1.29 is 13.9 Å². The number of thiazole rings is 1. The van der Waals surface area contributed by atoms with Crippen LogP contribution in [-0.4, -0.2) is 29.6 Å². The molecule has 0 aliphatic carbocycles. The van der Waals surface area contributed by atoms with E-state index in [1.165, 1.54) is 12.1 Å². The van der Waals surface area contributed by atoms with E-state index in [0.717, 1.165) is 23.5 Å². The molecule has 0 saturated carbocycles. The molecule has 0 saturated heterocycles. The Bertz CT molecular complexity index is 750. The maximum absolute atomic E-state index is 13.6. The van der Waals surface area contributed by atoms with Crippen molar-refractivity contribution in [3.05, 3.63) is 45.7 Å². The Balaban J connectivity index is 1.68. The molecule has 1 aromatic heterocycles. The molecule has 2 heterocycles. The van der Waals surface area contributed by atoms with Crippen LogP contribution in [0.25, 0.3) is 0 Å². The molecule has 3 rings (SSSR count). The lowest BCUT2D eigenvalue weighted by molar-refractivity contribution is 0.201. The molecule has 0 bridgehead atoms. The largest absolute Gasteiger partial charge is 0.493 e. The summed E-state index contributed by atoms with van der Waals surface area (Å²) in [7, 11) is 1.74. The lowest BCUT2D eigenvalue weighted by Crippen LogP contribution is -2.39. The first kappa shape index (κ1) is 17.7. The van der Waals surface area contributed by atoms with Crippen molar-refractivity contribution >= 4 is 17.4 Å². The minimum atomic E-state index is -0.327. The first-order valence-corrected chi connectivity index (χ1v) is 9.32. The van der Waals surface area contributed by atoms with Gasteiger partial charge in [0, 0.05) is 18.0 Å². The molecule has 0 fully saturated rings. The molecule has 0 spiro atoms. The van der Waals surface area contributed by atoms with E-state index in [1.54, 1.807) is 29.4 Å². The van der Waals surface area contributed by atoms with Crippen molar-refractivity contribution in [3.8, 4) is 5.75 Å². The predicted octanol–water partition coefficient (Wildman–Crippen LogP) is 3.90. The second-order valence-electron chi connectivity index (χ2n) is 6.12. The lowest BCUT2D eigenvalue weighted by atomic mass is 10.0. The van der Waals surface area contributed by atoms with Crippen molar-refractivity contribution in [2.45, 2.75) is 38.8 Å². The molecule has 2 amide bonds. The Morgan fingerprint density at radius 3 is 3.12 bits per heavy atom. The number of benzene rings is 1. The third kappa shape index (κ3) is 4.28.